The van der Waals surface area contributed by atoms with Crippen molar-refractivity contribution in [3.8, 4) is 0 Å². The van der Waals surface area contributed by atoms with Crippen molar-refractivity contribution in [2.45, 2.75) is 31.8 Å². The molecule has 4 heteroatoms. The van der Waals surface area contributed by atoms with Crippen LogP contribution in [0.4, 0.5) is 5.69 Å². The molecule has 0 aliphatic carbocycles. The zero-order valence-electron chi connectivity index (χ0n) is 8.64. The minimum Gasteiger partial charge on any atom is -0.307 e. The van der Waals surface area contributed by atoms with E-state index in [1.54, 1.807) is 12.1 Å². The average molecular weight is 206 g/mol. The molecule has 0 saturated carbocycles. The zero-order chi connectivity index (χ0) is 10.8. The highest BCUT2D eigenvalue weighted by Gasteiger charge is 2.21. The number of non-ortho nitro benzene ring substituents is 1. The van der Waals surface area contributed by atoms with Crippen molar-refractivity contribution in [1.29, 1.82) is 0 Å². The molecule has 1 aliphatic heterocycles. The number of nitro benzene ring substituents is 1. The molecule has 1 aromatic carbocycles. The number of nitrogens with zero attached hydrogens (tertiary/aromatic N) is 1. The van der Waals surface area contributed by atoms with Gasteiger partial charge in [-0.1, -0.05) is 12.1 Å². The van der Waals surface area contributed by atoms with Gasteiger partial charge in [-0.3, -0.25) is 10.1 Å². The van der Waals surface area contributed by atoms with Crippen molar-refractivity contribution in [1.82, 2.24) is 5.32 Å². The normalized spacial score (nSPS) is 25.4. The Morgan fingerprint density at radius 2 is 2.00 bits per heavy atom. The van der Waals surface area contributed by atoms with Gasteiger partial charge in [-0.05, 0) is 25.3 Å². The summed E-state index contributed by atoms with van der Waals surface area (Å²) < 4.78 is 0. The molecule has 1 N–H and O–H groups in total. The second-order valence-electron chi connectivity index (χ2n) is 4.05. The van der Waals surface area contributed by atoms with E-state index in [4.69, 9.17) is 0 Å². The van der Waals surface area contributed by atoms with Gasteiger partial charge in [0.2, 0.25) is 0 Å². The largest absolute Gasteiger partial charge is 0.307 e. The molecule has 15 heavy (non-hydrogen) atoms. The van der Waals surface area contributed by atoms with Crippen LogP contribution in [-0.2, 0) is 0 Å². The van der Waals surface area contributed by atoms with Crippen LogP contribution in [0.15, 0.2) is 24.3 Å². The maximum atomic E-state index is 10.5. The Hall–Kier alpha value is -1.42. The fourth-order valence-corrected chi connectivity index (χ4v) is 2.02. The van der Waals surface area contributed by atoms with Gasteiger partial charge in [-0.15, -0.1) is 0 Å². The summed E-state index contributed by atoms with van der Waals surface area (Å²) in [5.74, 6) is 0. The molecule has 2 unspecified atom stereocenters. The van der Waals surface area contributed by atoms with E-state index in [0.717, 1.165) is 12.0 Å². The standard InChI is InChI=1S/C11H14N2O2/c1-8-2-7-11(12-8)9-3-5-10(6-4-9)13(14)15/h3-6,8,11-12H,2,7H2,1H3. The summed E-state index contributed by atoms with van der Waals surface area (Å²) in [4.78, 5) is 10.1. The number of nitro groups is 1. The van der Waals surface area contributed by atoms with Gasteiger partial charge < -0.3 is 5.32 Å². The van der Waals surface area contributed by atoms with Crippen molar-refractivity contribution in [3.63, 3.8) is 0 Å². The lowest BCUT2D eigenvalue weighted by Gasteiger charge is -2.11. The molecule has 0 radical (unpaired) electrons. The van der Waals surface area contributed by atoms with Gasteiger partial charge in [-0.25, -0.2) is 0 Å². The third kappa shape index (κ3) is 2.15. The first-order chi connectivity index (χ1) is 7.16. The molecular weight excluding hydrogens is 192 g/mol. The quantitative estimate of drug-likeness (QED) is 0.597. The molecule has 0 amide bonds. The Labute approximate surface area is 88.5 Å². The van der Waals surface area contributed by atoms with E-state index in [0.29, 0.717) is 12.1 Å². The van der Waals surface area contributed by atoms with E-state index < -0.39 is 0 Å². The predicted molar refractivity (Wildman–Crippen MR) is 57.7 cm³/mol. The van der Waals surface area contributed by atoms with Crippen molar-refractivity contribution in [3.05, 3.63) is 39.9 Å². The lowest BCUT2D eigenvalue weighted by molar-refractivity contribution is -0.384. The Balaban J connectivity index is 2.13. The monoisotopic (exact) mass is 206 g/mol. The lowest BCUT2D eigenvalue weighted by Crippen LogP contribution is -2.20. The molecule has 0 spiro atoms. The molecule has 80 valence electrons. The summed E-state index contributed by atoms with van der Waals surface area (Å²) in [6.45, 7) is 2.16. The number of rotatable bonds is 2. The lowest BCUT2D eigenvalue weighted by atomic mass is 10.1. The molecule has 4 nitrogen and oxygen atoms in total. The SMILES string of the molecule is CC1CCC(c2ccc([N+](=O)[O-])cc2)N1. The molecule has 2 atom stereocenters. The van der Waals surface area contributed by atoms with Gasteiger partial charge in [0, 0.05) is 24.2 Å². The van der Waals surface area contributed by atoms with Crippen LogP contribution in [0.5, 0.6) is 0 Å². The van der Waals surface area contributed by atoms with Gasteiger partial charge in [0.15, 0.2) is 0 Å². The smallest absolute Gasteiger partial charge is 0.269 e. The van der Waals surface area contributed by atoms with E-state index in [1.165, 1.54) is 6.42 Å². The Kier molecular flexibility index (Phi) is 2.68. The summed E-state index contributed by atoms with van der Waals surface area (Å²) in [6, 6.07) is 7.73. The number of hydrogen-bond acceptors (Lipinski definition) is 3. The van der Waals surface area contributed by atoms with Gasteiger partial charge >= 0.3 is 0 Å². The molecule has 1 heterocycles. The van der Waals surface area contributed by atoms with Crippen molar-refractivity contribution in [2.24, 2.45) is 0 Å². The van der Waals surface area contributed by atoms with Crippen molar-refractivity contribution in [2.75, 3.05) is 0 Å². The van der Waals surface area contributed by atoms with Gasteiger partial charge in [0.1, 0.15) is 0 Å². The maximum Gasteiger partial charge on any atom is 0.269 e. The Morgan fingerprint density at radius 3 is 2.47 bits per heavy atom. The number of nitrogens with one attached hydrogen (secondary N) is 1. The highest BCUT2D eigenvalue weighted by molar-refractivity contribution is 5.34. The molecule has 1 saturated heterocycles. The van der Waals surface area contributed by atoms with Crippen LogP contribution in [0.1, 0.15) is 31.4 Å². The van der Waals surface area contributed by atoms with E-state index in [9.17, 15) is 10.1 Å². The molecule has 1 aliphatic rings. The van der Waals surface area contributed by atoms with Gasteiger partial charge in [-0.2, -0.15) is 0 Å². The number of hydrogen-bond donors (Lipinski definition) is 1. The van der Waals surface area contributed by atoms with Crippen LogP contribution in [0.25, 0.3) is 0 Å². The summed E-state index contributed by atoms with van der Waals surface area (Å²) >= 11 is 0. The Bertz CT molecular complexity index is 361. The third-order valence-corrected chi connectivity index (χ3v) is 2.88. The third-order valence-electron chi connectivity index (χ3n) is 2.88. The summed E-state index contributed by atoms with van der Waals surface area (Å²) in [7, 11) is 0. The van der Waals surface area contributed by atoms with Crippen molar-refractivity contribution < 1.29 is 4.92 Å². The maximum absolute atomic E-state index is 10.5. The first kappa shape index (κ1) is 10.1. The summed E-state index contributed by atoms with van der Waals surface area (Å²) in [6.07, 6.45) is 2.28. The topological polar surface area (TPSA) is 55.2 Å². The second-order valence-corrected chi connectivity index (χ2v) is 4.05. The fraction of sp³-hybridized carbons (Fsp3) is 0.455. The van der Waals surface area contributed by atoms with Gasteiger partial charge in [0.25, 0.3) is 5.69 Å². The Morgan fingerprint density at radius 1 is 1.33 bits per heavy atom. The van der Waals surface area contributed by atoms with Gasteiger partial charge in [0.05, 0.1) is 4.92 Å². The first-order valence-electron chi connectivity index (χ1n) is 5.17. The predicted octanol–water partition coefficient (Wildman–Crippen LogP) is 2.41. The van der Waals surface area contributed by atoms with E-state index >= 15 is 0 Å². The molecule has 0 bridgehead atoms. The van der Waals surface area contributed by atoms with Crippen LogP contribution >= 0.6 is 0 Å². The highest BCUT2D eigenvalue weighted by atomic mass is 16.6. The summed E-state index contributed by atoms with van der Waals surface area (Å²) in [5.41, 5.74) is 1.30. The molecule has 0 aromatic heterocycles. The van der Waals surface area contributed by atoms with E-state index in [2.05, 4.69) is 12.2 Å². The van der Waals surface area contributed by atoms with Crippen LogP contribution in [0.3, 0.4) is 0 Å². The fourth-order valence-electron chi connectivity index (χ4n) is 2.02. The summed E-state index contributed by atoms with van der Waals surface area (Å²) in [5, 5.41) is 13.9. The molecular formula is C11H14N2O2. The molecule has 1 fully saturated rings. The zero-order valence-corrected chi connectivity index (χ0v) is 8.64. The second kappa shape index (κ2) is 3.98. The van der Waals surface area contributed by atoms with Crippen LogP contribution in [0.2, 0.25) is 0 Å². The minimum atomic E-state index is -0.367. The number of benzene rings is 1. The first-order valence-corrected chi connectivity index (χ1v) is 5.17. The van der Waals surface area contributed by atoms with Crippen molar-refractivity contribution >= 4 is 5.69 Å². The minimum absolute atomic E-state index is 0.157. The van der Waals surface area contributed by atoms with E-state index in [1.807, 2.05) is 12.1 Å². The van der Waals surface area contributed by atoms with E-state index in [-0.39, 0.29) is 10.6 Å². The highest BCUT2D eigenvalue weighted by Crippen LogP contribution is 2.27. The van der Waals surface area contributed by atoms with Crippen LogP contribution < -0.4 is 5.32 Å². The molecule has 1 aromatic rings. The van der Waals surface area contributed by atoms with Crippen LogP contribution in [0, 0.1) is 10.1 Å². The average Bonchev–Trinajstić information content (AvgIpc) is 2.65. The van der Waals surface area contributed by atoms with Crippen LogP contribution in [-0.4, -0.2) is 11.0 Å². The molecule has 2 rings (SSSR count).